The van der Waals surface area contributed by atoms with Crippen LogP contribution in [0.25, 0.3) is 0 Å². The number of benzene rings is 1. The van der Waals surface area contributed by atoms with Crippen LogP contribution in [0, 0.1) is 5.92 Å². The third-order valence-corrected chi connectivity index (χ3v) is 5.85. The van der Waals surface area contributed by atoms with Gasteiger partial charge in [0.25, 0.3) is 0 Å². The fourth-order valence-electron chi connectivity index (χ4n) is 3.96. The number of likely N-dealkylation sites (tertiary alicyclic amines) is 1. The SMILES string of the molecule is CN(CC1CCN(CCc2cccc(C(F)(F)F)c2)CC1)C(=O)CCc1cnccn1. The first-order chi connectivity index (χ1) is 14.8. The molecule has 1 aliphatic heterocycles. The molecule has 2 heterocycles. The van der Waals surface area contributed by atoms with E-state index in [1.165, 1.54) is 12.1 Å². The van der Waals surface area contributed by atoms with Crippen molar-refractivity contribution in [3.8, 4) is 0 Å². The number of carbonyl (C=O) groups is 1. The summed E-state index contributed by atoms with van der Waals surface area (Å²) in [5.41, 5.74) is 0.944. The van der Waals surface area contributed by atoms with Crippen molar-refractivity contribution in [3.63, 3.8) is 0 Å². The Hall–Kier alpha value is -2.48. The Morgan fingerprint density at radius 1 is 1.19 bits per heavy atom. The lowest BCUT2D eigenvalue weighted by Crippen LogP contribution is -2.40. The van der Waals surface area contributed by atoms with E-state index in [4.69, 9.17) is 0 Å². The van der Waals surface area contributed by atoms with Crippen LogP contribution >= 0.6 is 0 Å². The van der Waals surface area contributed by atoms with Crippen LogP contribution in [0.2, 0.25) is 0 Å². The summed E-state index contributed by atoms with van der Waals surface area (Å²) in [4.78, 5) is 24.7. The Labute approximate surface area is 181 Å². The van der Waals surface area contributed by atoms with Crippen molar-refractivity contribution in [2.75, 3.05) is 33.2 Å². The molecule has 1 saturated heterocycles. The molecule has 168 valence electrons. The molecule has 0 saturated carbocycles. The average molecular weight is 435 g/mol. The zero-order valence-corrected chi connectivity index (χ0v) is 17.8. The number of nitrogens with zero attached hydrogens (tertiary/aromatic N) is 4. The Bertz CT molecular complexity index is 836. The van der Waals surface area contributed by atoms with Crippen molar-refractivity contribution >= 4 is 5.91 Å². The summed E-state index contributed by atoms with van der Waals surface area (Å²) in [5.74, 6) is 0.563. The fraction of sp³-hybridized carbons (Fsp3) is 0.522. The summed E-state index contributed by atoms with van der Waals surface area (Å²) in [6, 6.07) is 5.58. The zero-order valence-electron chi connectivity index (χ0n) is 17.8. The summed E-state index contributed by atoms with van der Waals surface area (Å²) in [7, 11) is 1.85. The van der Waals surface area contributed by atoms with E-state index in [-0.39, 0.29) is 5.91 Å². The number of piperidine rings is 1. The van der Waals surface area contributed by atoms with Crippen LogP contribution in [0.5, 0.6) is 0 Å². The fourth-order valence-corrected chi connectivity index (χ4v) is 3.96. The maximum absolute atomic E-state index is 12.9. The molecule has 5 nitrogen and oxygen atoms in total. The standard InChI is InChI=1S/C23H29F3N4O/c1-29(22(31)6-5-21-16-27-10-11-28-21)17-19-8-13-30(14-9-19)12-7-18-3-2-4-20(15-18)23(24,25)26/h2-4,10-11,15-16,19H,5-9,12-14,17H2,1H3. The molecule has 0 bridgehead atoms. The Morgan fingerprint density at radius 2 is 1.97 bits per heavy atom. The monoisotopic (exact) mass is 434 g/mol. The summed E-state index contributed by atoms with van der Waals surface area (Å²) in [6.07, 6.45) is 4.22. The molecule has 31 heavy (non-hydrogen) atoms. The molecule has 0 N–H and O–H groups in total. The first-order valence-corrected chi connectivity index (χ1v) is 10.7. The number of amides is 1. The first-order valence-electron chi connectivity index (χ1n) is 10.7. The van der Waals surface area contributed by atoms with Crippen LogP contribution in [0.1, 0.15) is 36.1 Å². The van der Waals surface area contributed by atoms with Gasteiger partial charge in [-0.1, -0.05) is 18.2 Å². The molecule has 1 fully saturated rings. The zero-order chi connectivity index (χ0) is 22.3. The largest absolute Gasteiger partial charge is 0.416 e. The van der Waals surface area contributed by atoms with E-state index in [2.05, 4.69) is 14.9 Å². The van der Waals surface area contributed by atoms with E-state index in [1.807, 2.05) is 7.05 Å². The molecule has 1 amide bonds. The molecule has 3 rings (SSSR count). The van der Waals surface area contributed by atoms with E-state index in [0.717, 1.165) is 50.8 Å². The molecule has 1 aromatic carbocycles. The number of hydrogen-bond donors (Lipinski definition) is 0. The number of carbonyl (C=O) groups excluding carboxylic acids is 1. The first kappa shape index (κ1) is 23.2. The van der Waals surface area contributed by atoms with E-state index in [0.29, 0.717) is 30.7 Å². The Kier molecular flexibility index (Phi) is 8.01. The lowest BCUT2D eigenvalue weighted by Gasteiger charge is -2.34. The second-order valence-electron chi connectivity index (χ2n) is 8.20. The van der Waals surface area contributed by atoms with E-state index in [1.54, 1.807) is 29.6 Å². The summed E-state index contributed by atoms with van der Waals surface area (Å²) in [5, 5.41) is 0. The predicted molar refractivity (Wildman–Crippen MR) is 112 cm³/mol. The topological polar surface area (TPSA) is 49.3 Å². The highest BCUT2D eigenvalue weighted by atomic mass is 19.4. The number of aryl methyl sites for hydroxylation is 1. The van der Waals surface area contributed by atoms with Crippen LogP contribution in [0.3, 0.4) is 0 Å². The Balaban J connectivity index is 1.37. The van der Waals surface area contributed by atoms with Gasteiger partial charge in [0.2, 0.25) is 5.91 Å². The summed E-state index contributed by atoms with van der Waals surface area (Å²) < 4.78 is 38.6. The molecular weight excluding hydrogens is 405 g/mol. The molecule has 0 spiro atoms. The highest BCUT2D eigenvalue weighted by Gasteiger charge is 2.30. The van der Waals surface area contributed by atoms with Gasteiger partial charge in [-0.3, -0.25) is 14.8 Å². The van der Waals surface area contributed by atoms with E-state index >= 15 is 0 Å². The van der Waals surface area contributed by atoms with Crippen LogP contribution in [0.4, 0.5) is 13.2 Å². The lowest BCUT2D eigenvalue weighted by molar-refractivity contribution is -0.137. The van der Waals surface area contributed by atoms with Crippen molar-refractivity contribution in [3.05, 3.63) is 59.7 Å². The number of aromatic nitrogens is 2. The smallest absolute Gasteiger partial charge is 0.345 e. The maximum atomic E-state index is 12.9. The van der Waals surface area contributed by atoms with Crippen molar-refractivity contribution in [2.24, 2.45) is 5.92 Å². The molecule has 2 aromatic rings. The predicted octanol–water partition coefficient (Wildman–Crippen LogP) is 3.84. The van der Waals surface area contributed by atoms with Gasteiger partial charge >= 0.3 is 6.18 Å². The normalized spacial score (nSPS) is 15.7. The van der Waals surface area contributed by atoms with Crippen LogP contribution in [-0.2, 0) is 23.8 Å². The van der Waals surface area contributed by atoms with Gasteiger partial charge in [-0.15, -0.1) is 0 Å². The van der Waals surface area contributed by atoms with Crippen molar-refractivity contribution in [2.45, 2.75) is 38.3 Å². The van der Waals surface area contributed by atoms with Crippen LogP contribution in [-0.4, -0.2) is 58.9 Å². The third kappa shape index (κ3) is 7.31. The molecule has 0 aliphatic carbocycles. The van der Waals surface area contributed by atoms with Gasteiger partial charge in [0.15, 0.2) is 0 Å². The van der Waals surface area contributed by atoms with Gasteiger partial charge in [-0.2, -0.15) is 13.2 Å². The molecule has 0 atom stereocenters. The van der Waals surface area contributed by atoms with Crippen LogP contribution < -0.4 is 0 Å². The van der Waals surface area contributed by atoms with Gasteiger partial charge in [0.05, 0.1) is 11.3 Å². The van der Waals surface area contributed by atoms with Gasteiger partial charge in [-0.05, 0) is 56.3 Å². The van der Waals surface area contributed by atoms with Gasteiger partial charge in [-0.25, -0.2) is 0 Å². The summed E-state index contributed by atoms with van der Waals surface area (Å²) >= 11 is 0. The van der Waals surface area contributed by atoms with Gasteiger partial charge in [0, 0.05) is 45.1 Å². The van der Waals surface area contributed by atoms with Gasteiger partial charge in [0.1, 0.15) is 0 Å². The third-order valence-electron chi connectivity index (χ3n) is 5.85. The van der Waals surface area contributed by atoms with E-state index < -0.39 is 11.7 Å². The highest BCUT2D eigenvalue weighted by Crippen LogP contribution is 2.29. The molecule has 1 aromatic heterocycles. The molecule has 0 unspecified atom stereocenters. The minimum atomic E-state index is -4.30. The van der Waals surface area contributed by atoms with Gasteiger partial charge < -0.3 is 9.80 Å². The number of alkyl halides is 3. The minimum Gasteiger partial charge on any atom is -0.345 e. The maximum Gasteiger partial charge on any atom is 0.416 e. The minimum absolute atomic E-state index is 0.109. The Morgan fingerprint density at radius 3 is 2.65 bits per heavy atom. The molecular formula is C23H29F3N4O. The number of rotatable bonds is 8. The number of hydrogen-bond acceptors (Lipinski definition) is 4. The lowest BCUT2D eigenvalue weighted by atomic mass is 9.95. The van der Waals surface area contributed by atoms with Crippen LogP contribution in [0.15, 0.2) is 42.9 Å². The summed E-state index contributed by atoms with van der Waals surface area (Å²) in [6.45, 7) is 3.30. The van der Waals surface area contributed by atoms with Crippen molar-refractivity contribution < 1.29 is 18.0 Å². The average Bonchev–Trinajstić information content (AvgIpc) is 2.77. The molecule has 1 aliphatic rings. The quantitative estimate of drug-likeness (QED) is 0.634. The molecule has 0 radical (unpaired) electrons. The molecule has 8 heteroatoms. The van der Waals surface area contributed by atoms with E-state index in [9.17, 15) is 18.0 Å². The highest BCUT2D eigenvalue weighted by molar-refractivity contribution is 5.76. The second-order valence-corrected chi connectivity index (χ2v) is 8.20. The number of halogens is 3. The van der Waals surface area contributed by atoms with Crippen molar-refractivity contribution in [1.82, 2.24) is 19.8 Å². The van der Waals surface area contributed by atoms with Crippen molar-refractivity contribution in [1.29, 1.82) is 0 Å². The second kappa shape index (κ2) is 10.7.